The molecule has 0 saturated carbocycles. The fourth-order valence-electron chi connectivity index (χ4n) is 1.47. The summed E-state index contributed by atoms with van der Waals surface area (Å²) in [5, 5.41) is 16.3. The standard InChI is InChI=1S/C11H17N3O2/c1-4-7-14(8(2)3)10-6-5-9(11(15)16)12-13-10/h5-6,8H,4,7H2,1-3H3,(H,15,16). The number of aromatic carboxylic acids is 1. The summed E-state index contributed by atoms with van der Waals surface area (Å²) in [4.78, 5) is 12.7. The minimum atomic E-state index is -1.05. The van der Waals surface area contributed by atoms with Gasteiger partial charge in [-0.1, -0.05) is 6.92 Å². The summed E-state index contributed by atoms with van der Waals surface area (Å²) in [6.07, 6.45) is 1.01. The molecule has 1 aromatic heterocycles. The second kappa shape index (κ2) is 5.44. The quantitative estimate of drug-likeness (QED) is 0.824. The Bertz CT molecular complexity index is 349. The van der Waals surface area contributed by atoms with Crippen molar-refractivity contribution < 1.29 is 9.90 Å². The van der Waals surface area contributed by atoms with E-state index in [2.05, 4.69) is 35.9 Å². The zero-order valence-corrected chi connectivity index (χ0v) is 9.84. The van der Waals surface area contributed by atoms with Gasteiger partial charge in [0.1, 0.15) is 0 Å². The molecule has 0 atom stereocenters. The van der Waals surface area contributed by atoms with Crippen LogP contribution in [0.1, 0.15) is 37.7 Å². The van der Waals surface area contributed by atoms with E-state index in [0.29, 0.717) is 6.04 Å². The third-order valence-electron chi connectivity index (χ3n) is 2.25. The Kier molecular flexibility index (Phi) is 4.22. The number of carboxylic acid groups (broad SMARTS) is 1. The van der Waals surface area contributed by atoms with Crippen molar-refractivity contribution in [3.05, 3.63) is 17.8 Å². The molecule has 0 aromatic carbocycles. The van der Waals surface area contributed by atoms with Gasteiger partial charge in [-0.25, -0.2) is 4.79 Å². The summed E-state index contributed by atoms with van der Waals surface area (Å²) < 4.78 is 0. The Hall–Kier alpha value is -1.65. The molecule has 1 N–H and O–H groups in total. The molecule has 0 bridgehead atoms. The molecule has 0 spiro atoms. The number of aromatic nitrogens is 2. The Balaban J connectivity index is 2.89. The zero-order valence-electron chi connectivity index (χ0n) is 9.84. The lowest BCUT2D eigenvalue weighted by Crippen LogP contribution is -2.32. The molecule has 0 radical (unpaired) electrons. The first-order chi connectivity index (χ1) is 7.56. The van der Waals surface area contributed by atoms with Crippen LogP contribution in [-0.4, -0.2) is 33.9 Å². The van der Waals surface area contributed by atoms with Crippen molar-refractivity contribution in [2.45, 2.75) is 33.2 Å². The van der Waals surface area contributed by atoms with E-state index in [1.54, 1.807) is 6.07 Å². The number of hydrogen-bond acceptors (Lipinski definition) is 4. The molecule has 0 aliphatic carbocycles. The van der Waals surface area contributed by atoms with Gasteiger partial charge >= 0.3 is 5.97 Å². The van der Waals surface area contributed by atoms with Gasteiger partial charge in [0.15, 0.2) is 11.5 Å². The lowest BCUT2D eigenvalue weighted by molar-refractivity contribution is 0.0689. The molecule has 1 aromatic rings. The predicted molar refractivity (Wildman–Crippen MR) is 61.8 cm³/mol. The predicted octanol–water partition coefficient (Wildman–Crippen LogP) is 1.80. The van der Waals surface area contributed by atoms with E-state index in [9.17, 15) is 4.79 Å². The lowest BCUT2D eigenvalue weighted by atomic mass is 10.3. The van der Waals surface area contributed by atoms with Crippen LogP contribution in [0.15, 0.2) is 12.1 Å². The summed E-state index contributed by atoms with van der Waals surface area (Å²) in [6, 6.07) is 3.51. The van der Waals surface area contributed by atoms with E-state index >= 15 is 0 Å². The van der Waals surface area contributed by atoms with Gasteiger partial charge in [0.2, 0.25) is 0 Å². The monoisotopic (exact) mass is 223 g/mol. The van der Waals surface area contributed by atoms with Crippen LogP contribution in [0.3, 0.4) is 0 Å². The Morgan fingerprint density at radius 2 is 2.12 bits per heavy atom. The van der Waals surface area contributed by atoms with Crippen molar-refractivity contribution in [1.29, 1.82) is 0 Å². The van der Waals surface area contributed by atoms with Gasteiger partial charge < -0.3 is 10.0 Å². The highest BCUT2D eigenvalue weighted by Crippen LogP contribution is 2.13. The molecule has 0 unspecified atom stereocenters. The molecule has 16 heavy (non-hydrogen) atoms. The van der Waals surface area contributed by atoms with E-state index in [4.69, 9.17) is 5.11 Å². The van der Waals surface area contributed by atoms with Crippen LogP contribution in [0.5, 0.6) is 0 Å². The SMILES string of the molecule is CCCN(c1ccc(C(=O)O)nn1)C(C)C. The maximum Gasteiger partial charge on any atom is 0.356 e. The molecule has 1 rings (SSSR count). The van der Waals surface area contributed by atoms with E-state index in [0.717, 1.165) is 18.8 Å². The summed E-state index contributed by atoms with van der Waals surface area (Å²) in [6.45, 7) is 7.12. The maximum atomic E-state index is 10.6. The van der Waals surface area contributed by atoms with Gasteiger partial charge in [0, 0.05) is 12.6 Å². The molecular weight excluding hydrogens is 206 g/mol. The average molecular weight is 223 g/mol. The topological polar surface area (TPSA) is 66.3 Å². The number of rotatable bonds is 5. The first-order valence-corrected chi connectivity index (χ1v) is 5.40. The number of carbonyl (C=O) groups is 1. The van der Waals surface area contributed by atoms with Gasteiger partial charge in [0.05, 0.1) is 0 Å². The van der Waals surface area contributed by atoms with Crippen LogP contribution in [0, 0.1) is 0 Å². The fourth-order valence-corrected chi connectivity index (χ4v) is 1.47. The van der Waals surface area contributed by atoms with E-state index in [1.165, 1.54) is 6.07 Å². The molecule has 5 heteroatoms. The highest BCUT2D eigenvalue weighted by molar-refractivity contribution is 5.85. The van der Waals surface area contributed by atoms with Crippen molar-refractivity contribution >= 4 is 11.8 Å². The molecule has 0 fully saturated rings. The summed E-state index contributed by atoms with van der Waals surface area (Å²) in [7, 11) is 0. The number of anilines is 1. The molecule has 0 aliphatic heterocycles. The molecule has 88 valence electrons. The third kappa shape index (κ3) is 2.92. The maximum absolute atomic E-state index is 10.6. The summed E-state index contributed by atoms with van der Waals surface area (Å²) in [5.41, 5.74) is -0.0241. The van der Waals surface area contributed by atoms with Gasteiger partial charge in [-0.2, -0.15) is 0 Å². The number of nitrogens with zero attached hydrogens (tertiary/aromatic N) is 3. The van der Waals surface area contributed by atoms with E-state index in [-0.39, 0.29) is 5.69 Å². The zero-order chi connectivity index (χ0) is 12.1. The molecule has 5 nitrogen and oxygen atoms in total. The Labute approximate surface area is 95.1 Å². The second-order valence-corrected chi connectivity index (χ2v) is 3.87. The van der Waals surface area contributed by atoms with Gasteiger partial charge in [-0.15, -0.1) is 10.2 Å². The largest absolute Gasteiger partial charge is 0.476 e. The normalized spacial score (nSPS) is 10.5. The average Bonchev–Trinajstić information content (AvgIpc) is 2.25. The number of hydrogen-bond donors (Lipinski definition) is 1. The highest BCUT2D eigenvalue weighted by Gasteiger charge is 2.12. The summed E-state index contributed by atoms with van der Waals surface area (Å²) in [5.74, 6) is -0.326. The fraction of sp³-hybridized carbons (Fsp3) is 0.545. The smallest absolute Gasteiger partial charge is 0.356 e. The van der Waals surface area contributed by atoms with E-state index in [1.807, 2.05) is 0 Å². The first-order valence-electron chi connectivity index (χ1n) is 5.40. The minimum absolute atomic E-state index is 0.0241. The molecule has 0 saturated heterocycles. The van der Waals surface area contributed by atoms with Crippen molar-refractivity contribution in [3.8, 4) is 0 Å². The van der Waals surface area contributed by atoms with Crippen LogP contribution in [0.2, 0.25) is 0 Å². The van der Waals surface area contributed by atoms with Crippen LogP contribution in [0.4, 0.5) is 5.82 Å². The van der Waals surface area contributed by atoms with Crippen LogP contribution >= 0.6 is 0 Å². The van der Waals surface area contributed by atoms with Gasteiger partial charge in [-0.05, 0) is 32.4 Å². The summed E-state index contributed by atoms with van der Waals surface area (Å²) >= 11 is 0. The second-order valence-electron chi connectivity index (χ2n) is 3.87. The van der Waals surface area contributed by atoms with Crippen molar-refractivity contribution in [3.63, 3.8) is 0 Å². The minimum Gasteiger partial charge on any atom is -0.476 e. The highest BCUT2D eigenvalue weighted by atomic mass is 16.4. The van der Waals surface area contributed by atoms with Crippen molar-refractivity contribution in [1.82, 2.24) is 10.2 Å². The molecule has 1 heterocycles. The van der Waals surface area contributed by atoms with Gasteiger partial charge in [0.25, 0.3) is 0 Å². The molecule has 0 aliphatic rings. The molecule has 0 amide bonds. The van der Waals surface area contributed by atoms with Gasteiger partial charge in [-0.3, -0.25) is 0 Å². The Morgan fingerprint density at radius 3 is 2.50 bits per heavy atom. The van der Waals surface area contributed by atoms with Crippen LogP contribution < -0.4 is 4.90 Å². The van der Waals surface area contributed by atoms with Crippen LogP contribution in [-0.2, 0) is 0 Å². The lowest BCUT2D eigenvalue weighted by Gasteiger charge is -2.26. The number of carboxylic acids is 1. The Morgan fingerprint density at radius 1 is 1.44 bits per heavy atom. The van der Waals surface area contributed by atoms with Crippen LogP contribution in [0.25, 0.3) is 0 Å². The van der Waals surface area contributed by atoms with Crippen molar-refractivity contribution in [2.24, 2.45) is 0 Å². The van der Waals surface area contributed by atoms with Crippen molar-refractivity contribution in [2.75, 3.05) is 11.4 Å². The molecular formula is C11H17N3O2. The van der Waals surface area contributed by atoms with E-state index < -0.39 is 5.97 Å². The third-order valence-corrected chi connectivity index (χ3v) is 2.25. The first kappa shape index (κ1) is 12.4.